The van der Waals surface area contributed by atoms with E-state index in [1.54, 1.807) is 0 Å². The maximum Gasteiger partial charge on any atom is 0.120 e. The summed E-state index contributed by atoms with van der Waals surface area (Å²) in [5.41, 5.74) is 1.51. The number of ether oxygens (including phenoxy) is 1. The van der Waals surface area contributed by atoms with E-state index in [4.69, 9.17) is 4.74 Å². The molecule has 0 bridgehead atoms. The molecule has 1 saturated carbocycles. The quantitative estimate of drug-likeness (QED) is 0.653. The van der Waals surface area contributed by atoms with Gasteiger partial charge in [0.15, 0.2) is 0 Å². The number of hydrogen-bond acceptors (Lipinski definition) is 2. The third kappa shape index (κ3) is 4.47. The lowest BCUT2D eigenvalue weighted by molar-refractivity contribution is -0.0142. The van der Waals surface area contributed by atoms with E-state index < -0.39 is 0 Å². The maximum absolute atomic E-state index is 6.35. The van der Waals surface area contributed by atoms with Crippen molar-refractivity contribution in [1.82, 2.24) is 5.32 Å². The Labute approximate surface area is 130 Å². The smallest absolute Gasteiger partial charge is 0.120 e. The van der Waals surface area contributed by atoms with Crippen LogP contribution in [0.1, 0.15) is 70.8 Å². The minimum absolute atomic E-state index is 0.0959. The topological polar surface area (TPSA) is 21.3 Å². The summed E-state index contributed by atoms with van der Waals surface area (Å²) in [4.78, 5) is 0. The van der Waals surface area contributed by atoms with E-state index >= 15 is 0 Å². The van der Waals surface area contributed by atoms with Gasteiger partial charge in [-0.25, -0.2) is 0 Å². The molecule has 0 aliphatic heterocycles. The fourth-order valence-electron chi connectivity index (χ4n) is 2.94. The zero-order valence-corrected chi connectivity index (χ0v) is 14.0. The largest absolute Gasteiger partial charge is 0.487 e. The van der Waals surface area contributed by atoms with Crippen LogP contribution >= 0.6 is 0 Å². The van der Waals surface area contributed by atoms with Crippen LogP contribution in [0.2, 0.25) is 0 Å². The molecule has 1 unspecified atom stereocenters. The predicted molar refractivity (Wildman–Crippen MR) is 90.1 cm³/mol. The second kappa shape index (κ2) is 7.84. The predicted octanol–water partition coefficient (Wildman–Crippen LogP) is 4.89. The number of rotatable bonds is 9. The van der Waals surface area contributed by atoms with Crippen molar-refractivity contribution < 1.29 is 4.74 Å². The highest BCUT2D eigenvalue weighted by Gasteiger charge is 2.38. The van der Waals surface area contributed by atoms with Gasteiger partial charge in [-0.1, -0.05) is 32.9 Å². The normalized spacial score (nSPS) is 18.0. The molecule has 0 spiro atoms. The molecule has 1 aliphatic rings. The van der Waals surface area contributed by atoms with Crippen molar-refractivity contribution in [3.05, 3.63) is 29.8 Å². The summed E-state index contributed by atoms with van der Waals surface area (Å²) < 4.78 is 6.35. The highest BCUT2D eigenvalue weighted by Crippen LogP contribution is 2.39. The molecule has 2 heteroatoms. The Kier molecular flexibility index (Phi) is 6.10. The first kappa shape index (κ1) is 16.4. The van der Waals surface area contributed by atoms with Crippen molar-refractivity contribution >= 4 is 0 Å². The van der Waals surface area contributed by atoms with Gasteiger partial charge >= 0.3 is 0 Å². The van der Waals surface area contributed by atoms with Crippen LogP contribution in [0.3, 0.4) is 0 Å². The average Bonchev–Trinajstić information content (AvgIpc) is 2.48. The number of benzene rings is 1. The Bertz CT molecular complexity index is 408. The van der Waals surface area contributed by atoms with E-state index in [1.165, 1.54) is 37.7 Å². The molecule has 2 rings (SSSR count). The molecule has 1 fully saturated rings. The van der Waals surface area contributed by atoms with Crippen molar-refractivity contribution in [3.8, 4) is 5.75 Å². The third-order valence-corrected chi connectivity index (χ3v) is 4.84. The Morgan fingerprint density at radius 1 is 1.14 bits per heavy atom. The summed E-state index contributed by atoms with van der Waals surface area (Å²) in [5.74, 6) is 1.67. The average molecular weight is 289 g/mol. The first-order chi connectivity index (χ1) is 10.2. The van der Waals surface area contributed by atoms with Gasteiger partial charge in [0, 0.05) is 0 Å². The molecule has 1 aliphatic carbocycles. The molecule has 21 heavy (non-hydrogen) atoms. The van der Waals surface area contributed by atoms with Gasteiger partial charge in [-0.3, -0.25) is 0 Å². The molecule has 0 saturated heterocycles. The molecular formula is C19H31NO. The van der Waals surface area contributed by atoms with Crippen LogP contribution in [-0.2, 0) is 0 Å². The van der Waals surface area contributed by atoms with Gasteiger partial charge in [-0.15, -0.1) is 0 Å². The summed E-state index contributed by atoms with van der Waals surface area (Å²) in [7, 11) is 0. The van der Waals surface area contributed by atoms with E-state index in [0.29, 0.717) is 5.92 Å². The second-order valence-corrected chi connectivity index (χ2v) is 6.52. The van der Waals surface area contributed by atoms with Crippen molar-refractivity contribution in [1.29, 1.82) is 0 Å². The summed E-state index contributed by atoms with van der Waals surface area (Å²) >= 11 is 0. The van der Waals surface area contributed by atoms with Crippen LogP contribution in [0.5, 0.6) is 5.75 Å². The van der Waals surface area contributed by atoms with Gasteiger partial charge in [0.05, 0.1) is 0 Å². The molecular weight excluding hydrogens is 258 g/mol. The Balaban J connectivity index is 1.89. The highest BCUT2D eigenvalue weighted by molar-refractivity contribution is 5.30. The zero-order chi connectivity index (χ0) is 15.1. The molecule has 2 nitrogen and oxygen atoms in total. The fraction of sp³-hybridized carbons (Fsp3) is 0.684. The van der Waals surface area contributed by atoms with E-state index in [9.17, 15) is 0 Å². The number of hydrogen-bond donors (Lipinski definition) is 1. The Morgan fingerprint density at radius 2 is 1.86 bits per heavy atom. The first-order valence-electron chi connectivity index (χ1n) is 8.69. The molecule has 0 amide bonds. The van der Waals surface area contributed by atoms with E-state index in [1.807, 2.05) is 0 Å². The van der Waals surface area contributed by atoms with Gasteiger partial charge in [-0.2, -0.15) is 0 Å². The van der Waals surface area contributed by atoms with Crippen molar-refractivity contribution in [3.63, 3.8) is 0 Å². The van der Waals surface area contributed by atoms with Crippen LogP contribution in [0.4, 0.5) is 0 Å². The van der Waals surface area contributed by atoms with E-state index in [0.717, 1.165) is 25.3 Å². The summed E-state index contributed by atoms with van der Waals surface area (Å²) in [6, 6.07) is 8.76. The van der Waals surface area contributed by atoms with Crippen molar-refractivity contribution in [2.75, 3.05) is 13.1 Å². The molecule has 1 atom stereocenters. The van der Waals surface area contributed by atoms with Crippen LogP contribution in [0.25, 0.3) is 0 Å². The molecule has 118 valence electrons. The fourth-order valence-corrected chi connectivity index (χ4v) is 2.94. The van der Waals surface area contributed by atoms with Crippen molar-refractivity contribution in [2.24, 2.45) is 0 Å². The molecule has 0 heterocycles. The molecule has 0 radical (unpaired) electrons. The van der Waals surface area contributed by atoms with E-state index in [2.05, 4.69) is 50.4 Å². The van der Waals surface area contributed by atoms with E-state index in [-0.39, 0.29) is 5.60 Å². The standard InChI is InChI=1S/C19H31NO/c1-4-14-20-15-13-19(11-6-12-19)21-18-9-7-17(8-10-18)16(3)5-2/h7-10,16,20H,4-6,11-15H2,1-3H3. The van der Waals surface area contributed by atoms with Crippen LogP contribution in [0.15, 0.2) is 24.3 Å². The molecule has 1 aromatic carbocycles. The van der Waals surface area contributed by atoms with Crippen LogP contribution in [0, 0.1) is 0 Å². The SMILES string of the molecule is CCCNCCC1(Oc2ccc(C(C)CC)cc2)CCC1. The third-order valence-electron chi connectivity index (χ3n) is 4.84. The van der Waals surface area contributed by atoms with Gasteiger partial charge < -0.3 is 10.1 Å². The monoisotopic (exact) mass is 289 g/mol. The zero-order valence-electron chi connectivity index (χ0n) is 14.0. The minimum Gasteiger partial charge on any atom is -0.487 e. The molecule has 1 aromatic rings. The Morgan fingerprint density at radius 3 is 2.38 bits per heavy atom. The maximum atomic E-state index is 6.35. The van der Waals surface area contributed by atoms with Gasteiger partial charge in [-0.05, 0) is 75.2 Å². The lowest BCUT2D eigenvalue weighted by atomic mass is 9.77. The first-order valence-corrected chi connectivity index (χ1v) is 8.69. The van der Waals surface area contributed by atoms with Crippen molar-refractivity contribution in [2.45, 2.75) is 70.8 Å². The highest BCUT2D eigenvalue weighted by atomic mass is 16.5. The van der Waals surface area contributed by atoms with Gasteiger partial charge in [0.25, 0.3) is 0 Å². The summed E-state index contributed by atoms with van der Waals surface area (Å²) in [6.45, 7) is 8.91. The summed E-state index contributed by atoms with van der Waals surface area (Å²) in [5, 5.41) is 3.50. The minimum atomic E-state index is 0.0959. The molecule has 0 aromatic heterocycles. The van der Waals surface area contributed by atoms with Crippen LogP contribution in [-0.4, -0.2) is 18.7 Å². The Hall–Kier alpha value is -1.02. The van der Waals surface area contributed by atoms with Gasteiger partial charge in [0.1, 0.15) is 11.4 Å². The summed E-state index contributed by atoms with van der Waals surface area (Å²) in [6.07, 6.45) is 7.22. The lowest BCUT2D eigenvalue weighted by Crippen LogP contribution is -2.45. The lowest BCUT2D eigenvalue weighted by Gasteiger charge is -2.42. The van der Waals surface area contributed by atoms with Crippen LogP contribution < -0.4 is 10.1 Å². The number of nitrogens with one attached hydrogen (secondary N) is 1. The van der Waals surface area contributed by atoms with Gasteiger partial charge in [0.2, 0.25) is 0 Å². The second-order valence-electron chi connectivity index (χ2n) is 6.52. The molecule has 1 N–H and O–H groups in total.